The van der Waals surface area contributed by atoms with Crippen molar-refractivity contribution in [1.82, 2.24) is 4.90 Å². The molecule has 1 aromatic carbocycles. The average molecular weight is 321 g/mol. The molecule has 0 saturated heterocycles. The van der Waals surface area contributed by atoms with Gasteiger partial charge in [0.05, 0.1) is 11.6 Å². The summed E-state index contributed by atoms with van der Waals surface area (Å²) in [5.41, 5.74) is 0. The zero-order chi connectivity index (χ0) is 12.7. The summed E-state index contributed by atoms with van der Waals surface area (Å²) in [6.07, 6.45) is 1.02. The predicted octanol–water partition coefficient (Wildman–Crippen LogP) is 4.21. The Morgan fingerprint density at radius 2 is 2.00 bits per heavy atom. The van der Waals surface area contributed by atoms with E-state index in [1.165, 1.54) is 0 Å². The van der Waals surface area contributed by atoms with Gasteiger partial charge < -0.3 is 9.64 Å². The Labute approximate surface area is 117 Å². The third-order valence-electron chi connectivity index (χ3n) is 2.66. The molecule has 0 spiro atoms. The Morgan fingerprint density at radius 3 is 2.59 bits per heavy atom. The minimum absolute atomic E-state index is 0.655. The molecule has 0 aromatic heterocycles. The summed E-state index contributed by atoms with van der Waals surface area (Å²) < 4.78 is 6.62. The van der Waals surface area contributed by atoms with Crippen molar-refractivity contribution in [2.75, 3.05) is 26.2 Å². The molecule has 0 fully saturated rings. The van der Waals surface area contributed by atoms with Crippen LogP contribution in [0.4, 0.5) is 0 Å². The highest BCUT2D eigenvalue weighted by Crippen LogP contribution is 2.27. The molecule has 0 aliphatic rings. The molecular weight excluding hydrogens is 302 g/mol. The molecule has 0 radical (unpaired) electrons. The lowest BCUT2D eigenvalue weighted by Gasteiger charge is -2.17. The lowest BCUT2D eigenvalue weighted by atomic mass is 10.3. The largest absolute Gasteiger partial charge is 0.492 e. The first-order valence-corrected chi connectivity index (χ1v) is 7.14. The van der Waals surface area contributed by atoms with Gasteiger partial charge in [0.1, 0.15) is 5.75 Å². The van der Waals surface area contributed by atoms with Crippen LogP contribution >= 0.6 is 27.5 Å². The Morgan fingerprint density at radius 1 is 1.29 bits per heavy atom. The molecule has 0 aliphatic carbocycles. The molecule has 0 heterocycles. The summed E-state index contributed by atoms with van der Waals surface area (Å²) in [6, 6.07) is 5.68. The second kappa shape index (κ2) is 7.96. The van der Waals surface area contributed by atoms with Gasteiger partial charge in [-0.1, -0.05) is 41.4 Å². The van der Waals surface area contributed by atoms with E-state index in [0.29, 0.717) is 11.6 Å². The first kappa shape index (κ1) is 14.8. The van der Waals surface area contributed by atoms with Crippen LogP contribution in [0.3, 0.4) is 0 Å². The zero-order valence-electron chi connectivity index (χ0n) is 10.4. The van der Waals surface area contributed by atoms with Crippen molar-refractivity contribution < 1.29 is 4.74 Å². The molecule has 0 saturated carbocycles. The van der Waals surface area contributed by atoms with E-state index >= 15 is 0 Å². The van der Waals surface area contributed by atoms with E-state index in [9.17, 15) is 0 Å². The van der Waals surface area contributed by atoms with Gasteiger partial charge in [0.15, 0.2) is 0 Å². The fourth-order valence-corrected chi connectivity index (χ4v) is 2.33. The summed E-state index contributed by atoms with van der Waals surface area (Å²) >= 11 is 9.43. The van der Waals surface area contributed by atoms with Gasteiger partial charge in [0, 0.05) is 11.0 Å². The van der Waals surface area contributed by atoms with Crippen LogP contribution in [0.15, 0.2) is 22.7 Å². The molecule has 0 aliphatic heterocycles. The summed E-state index contributed by atoms with van der Waals surface area (Å²) in [5, 5.41) is 0.655. The van der Waals surface area contributed by atoms with E-state index in [1.807, 2.05) is 18.2 Å². The van der Waals surface area contributed by atoms with Gasteiger partial charge in [0.25, 0.3) is 0 Å². The summed E-state index contributed by atoms with van der Waals surface area (Å²) in [4.78, 5) is 2.38. The van der Waals surface area contributed by atoms with Gasteiger partial charge in [-0.2, -0.15) is 0 Å². The van der Waals surface area contributed by atoms with Crippen molar-refractivity contribution in [3.05, 3.63) is 27.7 Å². The molecule has 1 rings (SSSR count). The fraction of sp³-hybridized carbons (Fsp3) is 0.538. The molecule has 0 unspecified atom stereocenters. The maximum atomic E-state index is 6.06. The van der Waals surface area contributed by atoms with Crippen molar-refractivity contribution in [2.45, 2.75) is 20.3 Å². The Bertz CT molecular complexity index is 342. The van der Waals surface area contributed by atoms with Crippen LogP contribution in [-0.4, -0.2) is 31.1 Å². The Kier molecular flexibility index (Phi) is 6.93. The van der Waals surface area contributed by atoms with Crippen molar-refractivity contribution in [1.29, 1.82) is 0 Å². The van der Waals surface area contributed by atoms with E-state index in [4.69, 9.17) is 16.3 Å². The summed E-state index contributed by atoms with van der Waals surface area (Å²) in [6.45, 7) is 8.32. The smallest absolute Gasteiger partial charge is 0.137 e. The molecule has 4 heteroatoms. The van der Waals surface area contributed by atoms with E-state index in [-0.39, 0.29) is 0 Å². The summed E-state index contributed by atoms with van der Waals surface area (Å²) in [7, 11) is 0. The minimum atomic E-state index is 0.655. The highest BCUT2D eigenvalue weighted by atomic mass is 79.9. The third kappa shape index (κ3) is 5.28. The number of hydrogen-bond donors (Lipinski definition) is 0. The fourth-order valence-electron chi connectivity index (χ4n) is 1.60. The molecule has 2 nitrogen and oxygen atoms in total. The van der Waals surface area contributed by atoms with Crippen LogP contribution in [0.5, 0.6) is 5.75 Å². The first-order chi connectivity index (χ1) is 8.17. The van der Waals surface area contributed by atoms with Gasteiger partial charge in [-0.05, 0) is 37.7 Å². The van der Waals surface area contributed by atoms with E-state index in [2.05, 4.69) is 34.7 Å². The highest BCUT2D eigenvalue weighted by Gasteiger charge is 2.03. The average Bonchev–Trinajstić information content (AvgIpc) is 2.32. The molecule has 0 atom stereocenters. The number of hydrogen-bond acceptors (Lipinski definition) is 2. The van der Waals surface area contributed by atoms with Crippen LogP contribution in [0.25, 0.3) is 0 Å². The summed E-state index contributed by atoms with van der Waals surface area (Å²) in [5.74, 6) is 0.759. The minimum Gasteiger partial charge on any atom is -0.492 e. The monoisotopic (exact) mass is 319 g/mol. The SMILES string of the molecule is CCN(CC)CCCOc1ccc(Br)cc1Cl. The van der Waals surface area contributed by atoms with E-state index in [0.717, 1.165) is 36.3 Å². The van der Waals surface area contributed by atoms with Crippen LogP contribution in [0, 0.1) is 0 Å². The van der Waals surface area contributed by atoms with Gasteiger partial charge in [-0.25, -0.2) is 0 Å². The van der Waals surface area contributed by atoms with Crippen LogP contribution in [-0.2, 0) is 0 Å². The molecule has 0 amide bonds. The highest BCUT2D eigenvalue weighted by molar-refractivity contribution is 9.10. The van der Waals surface area contributed by atoms with Gasteiger partial charge >= 0.3 is 0 Å². The van der Waals surface area contributed by atoms with E-state index in [1.54, 1.807) is 0 Å². The topological polar surface area (TPSA) is 12.5 Å². The lowest BCUT2D eigenvalue weighted by molar-refractivity contribution is 0.249. The first-order valence-electron chi connectivity index (χ1n) is 5.97. The van der Waals surface area contributed by atoms with Crippen LogP contribution in [0.2, 0.25) is 5.02 Å². The van der Waals surface area contributed by atoms with Crippen LogP contribution in [0.1, 0.15) is 20.3 Å². The van der Waals surface area contributed by atoms with Crippen molar-refractivity contribution in [2.24, 2.45) is 0 Å². The van der Waals surface area contributed by atoms with E-state index < -0.39 is 0 Å². The van der Waals surface area contributed by atoms with Gasteiger partial charge in [0.2, 0.25) is 0 Å². The third-order valence-corrected chi connectivity index (χ3v) is 3.45. The van der Waals surface area contributed by atoms with Gasteiger partial charge in [-0.15, -0.1) is 0 Å². The zero-order valence-corrected chi connectivity index (χ0v) is 12.7. The van der Waals surface area contributed by atoms with Crippen molar-refractivity contribution in [3.63, 3.8) is 0 Å². The number of ether oxygens (including phenoxy) is 1. The Balaban J connectivity index is 2.31. The molecular formula is C13H19BrClNO. The Hall–Kier alpha value is -0.250. The second-order valence-corrected chi connectivity index (χ2v) is 5.13. The van der Waals surface area contributed by atoms with Gasteiger partial charge in [-0.3, -0.25) is 0 Å². The van der Waals surface area contributed by atoms with Crippen LogP contribution < -0.4 is 4.74 Å². The number of halogens is 2. The maximum absolute atomic E-state index is 6.06. The predicted molar refractivity (Wildman–Crippen MR) is 77.1 cm³/mol. The standard InChI is InChI=1S/C13H19BrClNO/c1-3-16(4-2)8-5-9-17-13-7-6-11(14)10-12(13)15/h6-7,10H,3-5,8-9H2,1-2H3. The molecule has 0 bridgehead atoms. The van der Waals surface area contributed by atoms with Crippen molar-refractivity contribution >= 4 is 27.5 Å². The van der Waals surface area contributed by atoms with Crippen molar-refractivity contribution in [3.8, 4) is 5.75 Å². The molecule has 17 heavy (non-hydrogen) atoms. The molecule has 1 aromatic rings. The molecule has 96 valence electrons. The maximum Gasteiger partial charge on any atom is 0.137 e. The number of benzene rings is 1. The lowest BCUT2D eigenvalue weighted by Crippen LogP contribution is -2.25. The normalized spacial score (nSPS) is 10.9. The number of nitrogens with zero attached hydrogens (tertiary/aromatic N) is 1. The quantitative estimate of drug-likeness (QED) is 0.698. The second-order valence-electron chi connectivity index (χ2n) is 3.80. The molecule has 0 N–H and O–H groups in total. The number of rotatable bonds is 7.